The molecule has 0 aromatic heterocycles. The smallest absolute Gasteiger partial charge is 0.241 e. The molecule has 20 heavy (non-hydrogen) atoms. The van der Waals surface area contributed by atoms with E-state index in [2.05, 4.69) is 5.32 Å². The molecule has 0 saturated carbocycles. The van der Waals surface area contributed by atoms with Crippen molar-refractivity contribution in [2.75, 3.05) is 11.9 Å². The third-order valence-electron chi connectivity index (χ3n) is 3.39. The van der Waals surface area contributed by atoms with Gasteiger partial charge in [-0.25, -0.2) is 0 Å². The first-order valence-electron chi connectivity index (χ1n) is 6.70. The molecular weight excluding hydrogens is 276 g/mol. The molecule has 0 aliphatic carbocycles. The zero-order chi connectivity index (χ0) is 14.0. The zero-order valence-electron chi connectivity index (χ0n) is 12.2. The molecule has 1 heterocycles. The molecular formula is C15H23ClN2O2. The van der Waals surface area contributed by atoms with Crippen molar-refractivity contribution < 1.29 is 9.53 Å². The molecule has 1 aromatic carbocycles. The molecule has 5 heteroatoms. The number of nitrogens with one attached hydrogen (secondary N) is 1. The Hall–Kier alpha value is -1.26. The Morgan fingerprint density at radius 2 is 2.10 bits per heavy atom. The summed E-state index contributed by atoms with van der Waals surface area (Å²) in [5.41, 5.74) is 7.63. The van der Waals surface area contributed by atoms with Gasteiger partial charge < -0.3 is 15.8 Å². The van der Waals surface area contributed by atoms with Crippen molar-refractivity contribution in [2.24, 2.45) is 11.1 Å². The lowest BCUT2D eigenvalue weighted by molar-refractivity contribution is -0.119. The number of anilines is 1. The summed E-state index contributed by atoms with van der Waals surface area (Å²) in [6.45, 7) is 6.64. The van der Waals surface area contributed by atoms with E-state index in [0.717, 1.165) is 36.4 Å². The summed E-state index contributed by atoms with van der Waals surface area (Å²) < 4.78 is 5.55. The summed E-state index contributed by atoms with van der Waals surface area (Å²) in [5, 5.41) is 2.88. The van der Waals surface area contributed by atoms with Gasteiger partial charge >= 0.3 is 0 Å². The number of nitrogens with two attached hydrogens (primary N) is 1. The fourth-order valence-corrected chi connectivity index (χ4v) is 2.05. The van der Waals surface area contributed by atoms with Crippen LogP contribution in [0.25, 0.3) is 0 Å². The average Bonchev–Trinajstić information content (AvgIpc) is 2.36. The molecule has 1 atom stereocenters. The number of rotatable bonds is 2. The highest BCUT2D eigenvalue weighted by molar-refractivity contribution is 5.95. The van der Waals surface area contributed by atoms with Crippen LogP contribution in [0.2, 0.25) is 0 Å². The van der Waals surface area contributed by atoms with Gasteiger partial charge in [-0.1, -0.05) is 20.8 Å². The number of hydrogen-bond acceptors (Lipinski definition) is 3. The van der Waals surface area contributed by atoms with Crippen molar-refractivity contribution in [3.8, 4) is 5.75 Å². The quantitative estimate of drug-likeness (QED) is 0.882. The summed E-state index contributed by atoms with van der Waals surface area (Å²) in [5.74, 6) is 0.772. The van der Waals surface area contributed by atoms with Crippen LogP contribution in [0.15, 0.2) is 18.2 Å². The van der Waals surface area contributed by atoms with Crippen molar-refractivity contribution in [3.05, 3.63) is 23.8 Å². The number of aryl methyl sites for hydroxylation is 1. The minimum atomic E-state index is -0.528. The molecule has 0 spiro atoms. The maximum absolute atomic E-state index is 12.1. The van der Waals surface area contributed by atoms with Gasteiger partial charge in [0, 0.05) is 5.69 Å². The molecule has 0 saturated heterocycles. The molecule has 1 aliphatic rings. The lowest BCUT2D eigenvalue weighted by Crippen LogP contribution is -2.45. The standard InChI is InChI=1S/C15H22N2O2.ClH/c1-15(2,3)13(16)14(18)17-11-6-7-12-10(9-11)5-4-8-19-12;/h6-7,9,13H,4-5,8,16H2,1-3H3,(H,17,18);1H/t13-;/m1./s1. The van der Waals surface area contributed by atoms with E-state index in [1.54, 1.807) is 0 Å². The van der Waals surface area contributed by atoms with Gasteiger partial charge in [0.25, 0.3) is 0 Å². The van der Waals surface area contributed by atoms with E-state index in [0.29, 0.717) is 0 Å². The Balaban J connectivity index is 0.00000200. The average molecular weight is 299 g/mol. The van der Waals surface area contributed by atoms with Gasteiger partial charge in [0.05, 0.1) is 12.6 Å². The predicted molar refractivity (Wildman–Crippen MR) is 83.6 cm³/mol. The predicted octanol–water partition coefficient (Wildman–Crippen LogP) is 2.75. The van der Waals surface area contributed by atoms with E-state index in [4.69, 9.17) is 10.5 Å². The van der Waals surface area contributed by atoms with Crippen LogP contribution in [0, 0.1) is 5.41 Å². The van der Waals surface area contributed by atoms with Crippen molar-refractivity contribution in [2.45, 2.75) is 39.7 Å². The summed E-state index contributed by atoms with van der Waals surface area (Å²) in [6.07, 6.45) is 2.01. The maximum atomic E-state index is 12.1. The number of halogens is 1. The lowest BCUT2D eigenvalue weighted by Gasteiger charge is -2.26. The summed E-state index contributed by atoms with van der Waals surface area (Å²) in [7, 11) is 0. The number of amides is 1. The van der Waals surface area contributed by atoms with Crippen LogP contribution in [0.3, 0.4) is 0 Å². The molecule has 1 aromatic rings. The normalized spacial score (nSPS) is 15.4. The van der Waals surface area contributed by atoms with Crippen LogP contribution in [0.4, 0.5) is 5.69 Å². The highest BCUT2D eigenvalue weighted by Crippen LogP contribution is 2.28. The SMILES string of the molecule is CC(C)(C)[C@H](N)C(=O)Nc1ccc2c(c1)CCCO2.Cl. The van der Waals surface area contributed by atoms with E-state index in [9.17, 15) is 4.79 Å². The largest absolute Gasteiger partial charge is 0.493 e. The minimum Gasteiger partial charge on any atom is -0.493 e. The molecule has 0 bridgehead atoms. The first-order chi connectivity index (χ1) is 8.88. The van der Waals surface area contributed by atoms with E-state index in [1.807, 2.05) is 39.0 Å². The molecule has 0 radical (unpaired) electrons. The van der Waals surface area contributed by atoms with Crippen LogP contribution < -0.4 is 15.8 Å². The van der Waals surface area contributed by atoms with Gasteiger partial charge in [0.2, 0.25) is 5.91 Å². The zero-order valence-corrected chi connectivity index (χ0v) is 13.0. The van der Waals surface area contributed by atoms with E-state index in [1.165, 1.54) is 0 Å². The first-order valence-corrected chi connectivity index (χ1v) is 6.70. The molecule has 0 fully saturated rings. The molecule has 1 aliphatic heterocycles. The molecule has 0 unspecified atom stereocenters. The summed E-state index contributed by atoms with van der Waals surface area (Å²) >= 11 is 0. The molecule has 112 valence electrons. The van der Waals surface area contributed by atoms with Gasteiger partial charge in [0.15, 0.2) is 0 Å². The van der Waals surface area contributed by atoms with Gasteiger partial charge in [-0.05, 0) is 42.0 Å². The first kappa shape index (κ1) is 16.8. The number of carbonyl (C=O) groups excluding carboxylic acids is 1. The Kier molecular flexibility index (Phi) is 5.42. The summed E-state index contributed by atoms with van der Waals surface area (Å²) in [6, 6.07) is 5.21. The van der Waals surface area contributed by atoms with E-state index < -0.39 is 6.04 Å². The van der Waals surface area contributed by atoms with Gasteiger partial charge in [-0.3, -0.25) is 4.79 Å². The van der Waals surface area contributed by atoms with Crippen molar-refractivity contribution >= 4 is 24.0 Å². The maximum Gasteiger partial charge on any atom is 0.241 e. The number of hydrogen-bond donors (Lipinski definition) is 2. The molecule has 4 nitrogen and oxygen atoms in total. The third kappa shape index (κ3) is 3.87. The monoisotopic (exact) mass is 298 g/mol. The number of ether oxygens (including phenoxy) is 1. The Labute approximate surface area is 126 Å². The minimum absolute atomic E-state index is 0. The van der Waals surface area contributed by atoms with Crippen LogP contribution in [-0.4, -0.2) is 18.6 Å². The Morgan fingerprint density at radius 1 is 1.40 bits per heavy atom. The van der Waals surface area contributed by atoms with E-state index >= 15 is 0 Å². The van der Waals surface area contributed by atoms with Crippen LogP contribution >= 0.6 is 12.4 Å². The highest BCUT2D eigenvalue weighted by atomic mass is 35.5. The van der Waals surface area contributed by atoms with Crippen LogP contribution in [-0.2, 0) is 11.2 Å². The van der Waals surface area contributed by atoms with E-state index in [-0.39, 0.29) is 23.7 Å². The Morgan fingerprint density at radius 3 is 2.75 bits per heavy atom. The highest BCUT2D eigenvalue weighted by Gasteiger charge is 2.27. The van der Waals surface area contributed by atoms with Crippen molar-refractivity contribution in [1.82, 2.24) is 0 Å². The van der Waals surface area contributed by atoms with Crippen molar-refractivity contribution in [3.63, 3.8) is 0 Å². The second-order valence-electron chi connectivity index (χ2n) is 6.11. The third-order valence-corrected chi connectivity index (χ3v) is 3.39. The second-order valence-corrected chi connectivity index (χ2v) is 6.11. The van der Waals surface area contributed by atoms with Crippen LogP contribution in [0.1, 0.15) is 32.8 Å². The second kappa shape index (κ2) is 6.46. The van der Waals surface area contributed by atoms with Gasteiger partial charge in [0.1, 0.15) is 5.75 Å². The number of fused-ring (bicyclic) bond motifs is 1. The Bertz CT molecular complexity index is 483. The number of benzene rings is 1. The van der Waals surface area contributed by atoms with Crippen LogP contribution in [0.5, 0.6) is 5.75 Å². The fourth-order valence-electron chi connectivity index (χ4n) is 2.05. The molecule has 1 amide bonds. The molecule has 2 rings (SSSR count). The summed E-state index contributed by atoms with van der Waals surface area (Å²) in [4.78, 5) is 12.1. The van der Waals surface area contributed by atoms with Gasteiger partial charge in [-0.2, -0.15) is 0 Å². The van der Waals surface area contributed by atoms with Gasteiger partial charge in [-0.15, -0.1) is 12.4 Å². The lowest BCUT2D eigenvalue weighted by atomic mass is 9.87. The molecule has 3 N–H and O–H groups in total. The van der Waals surface area contributed by atoms with Crippen molar-refractivity contribution in [1.29, 1.82) is 0 Å². The topological polar surface area (TPSA) is 64.4 Å². The fraction of sp³-hybridized carbons (Fsp3) is 0.533. The number of carbonyl (C=O) groups is 1.